The lowest BCUT2D eigenvalue weighted by Crippen LogP contribution is -2.14. The molecule has 124 valence electrons. The number of hydrogen-bond acceptors (Lipinski definition) is 7. The van der Waals surface area contributed by atoms with Gasteiger partial charge in [0.05, 0.1) is 11.5 Å². The zero-order valence-electron chi connectivity index (χ0n) is 13.3. The third-order valence-corrected chi connectivity index (χ3v) is 4.13. The van der Waals surface area contributed by atoms with E-state index < -0.39 is 0 Å². The van der Waals surface area contributed by atoms with E-state index in [4.69, 9.17) is 9.05 Å². The first-order valence-electron chi connectivity index (χ1n) is 7.31. The van der Waals surface area contributed by atoms with Crippen molar-refractivity contribution in [2.75, 3.05) is 11.1 Å². The fraction of sp³-hybridized carbons (Fsp3) is 0.250. The van der Waals surface area contributed by atoms with Crippen molar-refractivity contribution in [3.05, 3.63) is 47.5 Å². The number of carbonyl (C=O) groups is 1. The van der Waals surface area contributed by atoms with Gasteiger partial charge in [-0.25, -0.2) is 0 Å². The SMILES string of the molecule is Cc1cc(NC(=O)CSCc2nc(-c3ccccc3C)no2)no1. The van der Waals surface area contributed by atoms with E-state index in [-0.39, 0.29) is 11.7 Å². The van der Waals surface area contributed by atoms with Gasteiger partial charge in [0.25, 0.3) is 0 Å². The Hall–Kier alpha value is -2.61. The Morgan fingerprint density at radius 1 is 1.21 bits per heavy atom. The molecule has 3 rings (SSSR count). The van der Waals surface area contributed by atoms with Crippen LogP contribution in [0.15, 0.2) is 39.4 Å². The number of thioether (sulfide) groups is 1. The molecule has 1 amide bonds. The van der Waals surface area contributed by atoms with Crippen LogP contribution in [0.1, 0.15) is 17.2 Å². The van der Waals surface area contributed by atoms with Gasteiger partial charge in [0.1, 0.15) is 5.76 Å². The number of nitrogens with zero attached hydrogens (tertiary/aromatic N) is 3. The molecule has 8 heteroatoms. The molecule has 0 unspecified atom stereocenters. The van der Waals surface area contributed by atoms with Crippen LogP contribution in [0.4, 0.5) is 5.82 Å². The number of hydrogen-bond donors (Lipinski definition) is 1. The third-order valence-electron chi connectivity index (χ3n) is 3.21. The lowest BCUT2D eigenvalue weighted by Gasteiger charge is -1.99. The quantitative estimate of drug-likeness (QED) is 0.733. The van der Waals surface area contributed by atoms with Gasteiger partial charge in [-0.05, 0) is 19.4 Å². The van der Waals surface area contributed by atoms with E-state index in [1.54, 1.807) is 13.0 Å². The number of amides is 1. The number of benzene rings is 1. The van der Waals surface area contributed by atoms with Crippen LogP contribution in [0.25, 0.3) is 11.4 Å². The zero-order chi connectivity index (χ0) is 16.9. The minimum atomic E-state index is -0.160. The highest BCUT2D eigenvalue weighted by atomic mass is 32.2. The van der Waals surface area contributed by atoms with Gasteiger partial charge in [-0.1, -0.05) is 34.6 Å². The van der Waals surface area contributed by atoms with Crippen LogP contribution in [-0.2, 0) is 10.5 Å². The molecule has 2 aromatic heterocycles. The van der Waals surface area contributed by atoms with Gasteiger partial charge in [-0.3, -0.25) is 4.79 Å². The molecule has 0 fully saturated rings. The fourth-order valence-corrected chi connectivity index (χ4v) is 2.73. The molecule has 0 radical (unpaired) electrons. The largest absolute Gasteiger partial charge is 0.360 e. The molecule has 0 atom stereocenters. The van der Waals surface area contributed by atoms with E-state index in [0.29, 0.717) is 29.0 Å². The lowest BCUT2D eigenvalue weighted by atomic mass is 10.1. The molecule has 0 bridgehead atoms. The Balaban J connectivity index is 1.51. The van der Waals surface area contributed by atoms with Crippen molar-refractivity contribution in [1.29, 1.82) is 0 Å². The summed E-state index contributed by atoms with van der Waals surface area (Å²) in [5.41, 5.74) is 2.02. The summed E-state index contributed by atoms with van der Waals surface area (Å²) in [5.74, 6) is 2.67. The van der Waals surface area contributed by atoms with E-state index in [9.17, 15) is 4.79 Å². The highest BCUT2D eigenvalue weighted by Crippen LogP contribution is 2.21. The normalized spacial score (nSPS) is 10.8. The highest BCUT2D eigenvalue weighted by Gasteiger charge is 2.12. The van der Waals surface area contributed by atoms with Crippen LogP contribution >= 0.6 is 11.8 Å². The molecule has 0 saturated heterocycles. The Labute approximate surface area is 142 Å². The van der Waals surface area contributed by atoms with Crippen LogP contribution in [0.3, 0.4) is 0 Å². The van der Waals surface area contributed by atoms with Gasteiger partial charge >= 0.3 is 0 Å². The molecule has 7 nitrogen and oxygen atoms in total. The van der Waals surface area contributed by atoms with Gasteiger partial charge in [0, 0.05) is 11.6 Å². The summed E-state index contributed by atoms with van der Waals surface area (Å²) in [6.07, 6.45) is 0. The molecule has 0 saturated carbocycles. The number of aryl methyl sites for hydroxylation is 2. The molecular formula is C16H16N4O3S. The predicted octanol–water partition coefficient (Wildman–Crippen LogP) is 3.21. The smallest absolute Gasteiger partial charge is 0.236 e. The second kappa shape index (κ2) is 7.31. The lowest BCUT2D eigenvalue weighted by molar-refractivity contribution is -0.113. The van der Waals surface area contributed by atoms with Crippen molar-refractivity contribution in [3.8, 4) is 11.4 Å². The van der Waals surface area contributed by atoms with Crippen molar-refractivity contribution >= 4 is 23.5 Å². The minimum absolute atomic E-state index is 0.160. The van der Waals surface area contributed by atoms with E-state index in [1.807, 2.05) is 31.2 Å². The van der Waals surface area contributed by atoms with Crippen LogP contribution in [0.5, 0.6) is 0 Å². The summed E-state index contributed by atoms with van der Waals surface area (Å²) in [4.78, 5) is 16.2. The predicted molar refractivity (Wildman–Crippen MR) is 90.5 cm³/mol. The van der Waals surface area contributed by atoms with Crippen LogP contribution in [0.2, 0.25) is 0 Å². The van der Waals surface area contributed by atoms with Crippen LogP contribution in [0, 0.1) is 13.8 Å². The molecular weight excluding hydrogens is 328 g/mol. The molecule has 0 spiro atoms. The van der Waals surface area contributed by atoms with Gasteiger partial charge in [0.2, 0.25) is 17.6 Å². The zero-order valence-corrected chi connectivity index (χ0v) is 14.1. The molecule has 1 aromatic carbocycles. The Morgan fingerprint density at radius 3 is 2.79 bits per heavy atom. The van der Waals surface area contributed by atoms with Crippen molar-refractivity contribution in [3.63, 3.8) is 0 Å². The van der Waals surface area contributed by atoms with Crippen LogP contribution < -0.4 is 5.32 Å². The van der Waals surface area contributed by atoms with Gasteiger partial charge < -0.3 is 14.4 Å². The molecule has 1 N–H and O–H groups in total. The minimum Gasteiger partial charge on any atom is -0.360 e. The second-order valence-electron chi connectivity index (χ2n) is 5.19. The Morgan fingerprint density at radius 2 is 2.04 bits per heavy atom. The first-order chi connectivity index (χ1) is 11.6. The summed E-state index contributed by atoms with van der Waals surface area (Å²) in [6, 6.07) is 9.50. The van der Waals surface area contributed by atoms with Gasteiger partial charge in [0.15, 0.2) is 5.82 Å². The second-order valence-corrected chi connectivity index (χ2v) is 6.18. The Bertz CT molecular complexity index is 843. The van der Waals surface area contributed by atoms with Crippen molar-refractivity contribution in [1.82, 2.24) is 15.3 Å². The Kier molecular flexibility index (Phi) is 4.95. The summed E-state index contributed by atoms with van der Waals surface area (Å²) >= 11 is 1.39. The van der Waals surface area contributed by atoms with Crippen molar-refractivity contribution in [2.45, 2.75) is 19.6 Å². The monoisotopic (exact) mass is 344 g/mol. The van der Waals surface area contributed by atoms with E-state index in [1.165, 1.54) is 11.8 Å². The maximum Gasteiger partial charge on any atom is 0.236 e. The van der Waals surface area contributed by atoms with Crippen molar-refractivity contribution in [2.24, 2.45) is 0 Å². The van der Waals surface area contributed by atoms with E-state index in [2.05, 4.69) is 20.6 Å². The van der Waals surface area contributed by atoms with Crippen molar-refractivity contribution < 1.29 is 13.8 Å². The number of nitrogens with one attached hydrogen (secondary N) is 1. The molecule has 3 aromatic rings. The highest BCUT2D eigenvalue weighted by molar-refractivity contribution is 7.99. The number of carbonyl (C=O) groups excluding carboxylic acids is 1. The average molecular weight is 344 g/mol. The summed E-state index contributed by atoms with van der Waals surface area (Å²) < 4.78 is 10.1. The first kappa shape index (κ1) is 16.3. The van der Waals surface area contributed by atoms with Gasteiger partial charge in [-0.15, -0.1) is 11.8 Å². The molecule has 24 heavy (non-hydrogen) atoms. The molecule has 2 heterocycles. The maximum atomic E-state index is 11.8. The molecule has 0 aliphatic heterocycles. The third kappa shape index (κ3) is 4.02. The summed E-state index contributed by atoms with van der Waals surface area (Å²) in [5, 5.41) is 10.4. The van der Waals surface area contributed by atoms with Gasteiger partial charge in [-0.2, -0.15) is 4.98 Å². The first-order valence-corrected chi connectivity index (χ1v) is 8.47. The average Bonchev–Trinajstić information content (AvgIpc) is 3.17. The molecule has 0 aliphatic carbocycles. The van der Waals surface area contributed by atoms with E-state index >= 15 is 0 Å². The number of rotatable bonds is 6. The fourth-order valence-electron chi connectivity index (χ4n) is 2.08. The standard InChI is InChI=1S/C16H16N4O3S/c1-10-5-3-4-6-12(10)16-18-15(23-20-16)9-24-8-14(21)17-13-7-11(2)22-19-13/h3-7H,8-9H2,1-2H3,(H,17,19,21). The molecule has 0 aliphatic rings. The number of anilines is 1. The topological polar surface area (TPSA) is 94.1 Å². The van der Waals surface area contributed by atoms with E-state index in [0.717, 1.165) is 11.1 Å². The number of aromatic nitrogens is 3. The maximum absolute atomic E-state index is 11.8. The summed E-state index contributed by atoms with van der Waals surface area (Å²) in [6.45, 7) is 3.76. The summed E-state index contributed by atoms with van der Waals surface area (Å²) in [7, 11) is 0. The van der Waals surface area contributed by atoms with Crippen LogP contribution in [-0.4, -0.2) is 27.0 Å².